The van der Waals surface area contributed by atoms with Crippen LogP contribution in [0, 0.1) is 16.0 Å². The lowest BCUT2D eigenvalue weighted by molar-refractivity contribution is -0.383. The summed E-state index contributed by atoms with van der Waals surface area (Å²) in [5.41, 5.74) is -0.113. The largest absolute Gasteiger partial charge is 0.355 e. The Bertz CT molecular complexity index is 1030. The van der Waals surface area contributed by atoms with Crippen LogP contribution in [0.15, 0.2) is 49.1 Å². The first kappa shape index (κ1) is 17.9. The van der Waals surface area contributed by atoms with Crippen molar-refractivity contribution in [3.05, 3.63) is 64.2 Å². The molecule has 0 saturated carbocycles. The van der Waals surface area contributed by atoms with Crippen LogP contribution in [0.3, 0.4) is 0 Å². The average Bonchev–Trinajstić information content (AvgIpc) is 3.15. The molecule has 2 aromatic heterocycles. The average molecular weight is 400 g/mol. The molecule has 0 radical (unpaired) electrons. The Morgan fingerprint density at radius 1 is 1.25 bits per heavy atom. The first-order valence-electron chi connectivity index (χ1n) is 8.33. The van der Waals surface area contributed by atoms with E-state index in [2.05, 4.69) is 20.4 Å². The van der Waals surface area contributed by atoms with Crippen molar-refractivity contribution in [3.63, 3.8) is 0 Å². The highest BCUT2D eigenvalue weighted by molar-refractivity contribution is 6.31. The Morgan fingerprint density at radius 2 is 2.04 bits per heavy atom. The van der Waals surface area contributed by atoms with Crippen molar-refractivity contribution in [2.45, 2.75) is 0 Å². The van der Waals surface area contributed by atoms with Gasteiger partial charge >= 0.3 is 0 Å². The third-order valence-corrected chi connectivity index (χ3v) is 4.60. The van der Waals surface area contributed by atoms with Crippen LogP contribution in [-0.2, 0) is 4.79 Å². The topological polar surface area (TPSA) is 119 Å². The molecule has 1 aliphatic heterocycles. The van der Waals surface area contributed by atoms with Crippen LogP contribution >= 0.6 is 11.6 Å². The molecule has 3 heterocycles. The van der Waals surface area contributed by atoms with Gasteiger partial charge in [0.25, 0.3) is 5.69 Å². The quantitative estimate of drug-likeness (QED) is 0.516. The van der Waals surface area contributed by atoms with Crippen LogP contribution < -0.4 is 10.2 Å². The minimum Gasteiger partial charge on any atom is -0.355 e. The number of rotatable bonds is 5. The highest BCUT2D eigenvalue weighted by atomic mass is 35.5. The van der Waals surface area contributed by atoms with Gasteiger partial charge in [-0.15, -0.1) is 0 Å². The number of anilines is 2. The molecule has 3 aromatic rings. The molecule has 1 saturated heterocycles. The minimum absolute atomic E-state index is 0.0870. The second-order valence-electron chi connectivity index (χ2n) is 6.19. The number of aromatic nitrogens is 4. The maximum Gasteiger partial charge on any atom is 0.292 e. The van der Waals surface area contributed by atoms with Crippen molar-refractivity contribution < 1.29 is 9.72 Å². The maximum absolute atomic E-state index is 12.5. The maximum atomic E-state index is 12.5. The zero-order valence-corrected chi connectivity index (χ0v) is 15.2. The summed E-state index contributed by atoms with van der Waals surface area (Å²) in [5, 5.41) is 18.2. The summed E-state index contributed by atoms with van der Waals surface area (Å²) in [6, 6.07) is 7.62. The lowest BCUT2D eigenvalue weighted by Gasteiger charge is -2.39. The SMILES string of the molecule is O=C(Nc1cc(Cl)ccc1[N+](=O)[O-])C1CN(c2cc(-n3cccn3)ncn2)C1. The van der Waals surface area contributed by atoms with E-state index < -0.39 is 4.92 Å². The monoisotopic (exact) mass is 399 g/mol. The van der Waals surface area contributed by atoms with Gasteiger partial charge in [0.2, 0.25) is 5.91 Å². The van der Waals surface area contributed by atoms with E-state index in [0.717, 1.165) is 0 Å². The fourth-order valence-electron chi connectivity index (χ4n) is 2.87. The van der Waals surface area contributed by atoms with Crippen LogP contribution in [0.25, 0.3) is 5.82 Å². The van der Waals surface area contributed by atoms with Crippen molar-refractivity contribution in [3.8, 4) is 5.82 Å². The van der Waals surface area contributed by atoms with Crippen LogP contribution in [0.5, 0.6) is 0 Å². The number of hydrogen-bond donors (Lipinski definition) is 1. The van der Waals surface area contributed by atoms with Crippen molar-refractivity contribution >= 4 is 34.7 Å². The van der Waals surface area contributed by atoms with Gasteiger partial charge in [0.15, 0.2) is 5.82 Å². The number of amides is 1. The molecule has 1 aromatic carbocycles. The molecule has 1 amide bonds. The fourth-order valence-corrected chi connectivity index (χ4v) is 3.05. The number of carbonyl (C=O) groups excluding carboxylic acids is 1. The Kier molecular flexibility index (Phi) is 4.62. The molecule has 0 spiro atoms. The first-order valence-corrected chi connectivity index (χ1v) is 8.71. The van der Waals surface area contributed by atoms with E-state index in [1.165, 1.54) is 24.5 Å². The van der Waals surface area contributed by atoms with E-state index in [4.69, 9.17) is 11.6 Å². The van der Waals surface area contributed by atoms with Gasteiger partial charge in [0.05, 0.1) is 10.8 Å². The van der Waals surface area contributed by atoms with Gasteiger partial charge in [-0.2, -0.15) is 5.10 Å². The molecule has 10 nitrogen and oxygen atoms in total. The summed E-state index contributed by atoms with van der Waals surface area (Å²) >= 11 is 5.89. The van der Waals surface area contributed by atoms with Crippen molar-refractivity contribution in [2.24, 2.45) is 5.92 Å². The summed E-state index contributed by atoms with van der Waals surface area (Å²) < 4.78 is 1.62. The third kappa shape index (κ3) is 3.49. The van der Waals surface area contributed by atoms with Gasteiger partial charge in [-0.05, 0) is 18.2 Å². The molecule has 1 fully saturated rings. The number of hydrogen-bond acceptors (Lipinski definition) is 7. The van der Waals surface area contributed by atoms with Gasteiger partial charge < -0.3 is 10.2 Å². The molecule has 28 heavy (non-hydrogen) atoms. The van der Waals surface area contributed by atoms with Crippen LogP contribution in [0.4, 0.5) is 17.2 Å². The van der Waals surface area contributed by atoms with E-state index in [1.54, 1.807) is 29.2 Å². The van der Waals surface area contributed by atoms with E-state index in [-0.39, 0.29) is 23.2 Å². The highest BCUT2D eigenvalue weighted by Crippen LogP contribution is 2.30. The molecule has 0 aliphatic carbocycles. The lowest BCUT2D eigenvalue weighted by Crippen LogP contribution is -2.52. The summed E-state index contributed by atoms with van der Waals surface area (Å²) in [7, 11) is 0. The second kappa shape index (κ2) is 7.24. The number of halogens is 1. The molecule has 142 valence electrons. The Hall–Kier alpha value is -3.53. The second-order valence-corrected chi connectivity index (χ2v) is 6.63. The molecule has 0 unspecified atom stereocenters. The number of nitrogens with zero attached hydrogens (tertiary/aromatic N) is 6. The number of nitrogens with one attached hydrogen (secondary N) is 1. The first-order chi connectivity index (χ1) is 13.5. The van der Waals surface area contributed by atoms with Gasteiger partial charge in [0.1, 0.15) is 17.8 Å². The number of carbonyl (C=O) groups is 1. The normalized spacial score (nSPS) is 13.8. The van der Waals surface area contributed by atoms with Crippen molar-refractivity contribution in [1.82, 2.24) is 19.7 Å². The van der Waals surface area contributed by atoms with E-state index in [0.29, 0.717) is 29.7 Å². The summed E-state index contributed by atoms with van der Waals surface area (Å²) in [6.07, 6.45) is 4.87. The minimum atomic E-state index is -0.559. The Labute approximate surface area is 163 Å². The van der Waals surface area contributed by atoms with Gasteiger partial charge in [-0.25, -0.2) is 14.6 Å². The zero-order valence-electron chi connectivity index (χ0n) is 14.4. The van der Waals surface area contributed by atoms with E-state index >= 15 is 0 Å². The summed E-state index contributed by atoms with van der Waals surface area (Å²) in [4.78, 5) is 33.3. The number of benzene rings is 1. The molecular formula is C17H14ClN7O3. The van der Waals surface area contributed by atoms with Crippen molar-refractivity contribution in [1.29, 1.82) is 0 Å². The molecule has 11 heteroatoms. The lowest BCUT2D eigenvalue weighted by atomic mass is 9.99. The van der Waals surface area contributed by atoms with Gasteiger partial charge in [-0.1, -0.05) is 11.6 Å². The van der Waals surface area contributed by atoms with E-state index in [9.17, 15) is 14.9 Å². The summed E-state index contributed by atoms with van der Waals surface area (Å²) in [6.45, 7) is 0.880. The molecule has 1 N–H and O–H groups in total. The van der Waals surface area contributed by atoms with Gasteiger partial charge in [-0.3, -0.25) is 14.9 Å². The highest BCUT2D eigenvalue weighted by Gasteiger charge is 2.34. The van der Waals surface area contributed by atoms with Crippen molar-refractivity contribution in [2.75, 3.05) is 23.3 Å². The van der Waals surface area contributed by atoms with Crippen LogP contribution in [-0.4, -0.2) is 43.7 Å². The smallest absolute Gasteiger partial charge is 0.292 e. The van der Waals surface area contributed by atoms with Gasteiger partial charge in [0, 0.05) is 42.6 Å². The predicted octanol–water partition coefficient (Wildman–Crippen LogP) is 2.30. The molecule has 1 aliphatic rings. The molecule has 0 atom stereocenters. The summed E-state index contributed by atoms with van der Waals surface area (Å²) in [5.74, 6) is 0.681. The fraction of sp³-hybridized carbons (Fsp3) is 0.176. The Morgan fingerprint density at radius 3 is 2.75 bits per heavy atom. The number of nitro benzene ring substituents is 1. The number of nitro groups is 1. The molecular weight excluding hydrogens is 386 g/mol. The zero-order chi connectivity index (χ0) is 19.7. The Balaban J connectivity index is 1.42. The van der Waals surface area contributed by atoms with Crippen LogP contribution in [0.1, 0.15) is 0 Å². The molecule has 4 rings (SSSR count). The van der Waals surface area contributed by atoms with E-state index in [1.807, 2.05) is 4.90 Å². The molecule has 0 bridgehead atoms. The predicted molar refractivity (Wildman–Crippen MR) is 102 cm³/mol. The third-order valence-electron chi connectivity index (χ3n) is 4.37. The standard InChI is InChI=1S/C17H14ClN7O3/c18-12-2-3-14(25(27)28)13(6-12)22-17(26)11-8-23(9-11)15-7-16(20-10-19-15)24-5-1-4-21-24/h1-7,10-11H,8-9H2,(H,22,26). The van der Waals surface area contributed by atoms with Crippen LogP contribution in [0.2, 0.25) is 5.02 Å².